The fourth-order valence-electron chi connectivity index (χ4n) is 7.59. The standard InChI is InChI=1S/C42H45Cl2N5O4/c1-26(2)49-14-13-27(23-49)24-51-38-8-4-7-35(42(38)44)32-5-3-6-34-33(32)10-11-37(34)53-40-17-39(52-25-29-15-28(18-45)19-46-20-29)30(16-36(40)43)21-47-22-31-9-12-41(50)48-31/h3-8,15-17,19-20,26-27,31,37,47H,9-14,21-25H2,1-2H3,(H,48,50)/t27?,31-,37-/m0/s1. The number of fused-ring (bicyclic) bond motifs is 1. The number of nitriles is 1. The van der Waals surface area contributed by atoms with Gasteiger partial charge in [-0.3, -0.25) is 9.78 Å². The second-order valence-electron chi connectivity index (χ2n) is 14.5. The minimum atomic E-state index is -0.216. The quantitative estimate of drug-likeness (QED) is 0.133. The van der Waals surface area contributed by atoms with Crippen LogP contribution in [0.25, 0.3) is 11.1 Å². The zero-order chi connectivity index (χ0) is 36.9. The van der Waals surface area contributed by atoms with Gasteiger partial charge in [-0.05, 0) is 81.0 Å². The zero-order valence-corrected chi connectivity index (χ0v) is 31.7. The van der Waals surface area contributed by atoms with Crippen LogP contribution >= 0.6 is 23.2 Å². The maximum atomic E-state index is 11.7. The fraction of sp³-hybridized carbons (Fsp3) is 0.405. The molecule has 11 heteroatoms. The number of rotatable bonds is 14. The van der Waals surface area contributed by atoms with Crippen molar-refractivity contribution in [2.75, 3.05) is 26.2 Å². The molecule has 1 aromatic heterocycles. The second-order valence-corrected chi connectivity index (χ2v) is 15.3. The Morgan fingerprint density at radius 2 is 1.85 bits per heavy atom. The maximum Gasteiger partial charge on any atom is 0.220 e. The van der Waals surface area contributed by atoms with E-state index in [1.807, 2.05) is 24.3 Å². The predicted molar refractivity (Wildman–Crippen MR) is 206 cm³/mol. The van der Waals surface area contributed by atoms with E-state index in [1.54, 1.807) is 12.3 Å². The van der Waals surface area contributed by atoms with E-state index in [9.17, 15) is 10.1 Å². The van der Waals surface area contributed by atoms with Crippen LogP contribution in [0.4, 0.5) is 0 Å². The lowest BCUT2D eigenvalue weighted by Gasteiger charge is -2.21. The van der Waals surface area contributed by atoms with Gasteiger partial charge in [0.05, 0.1) is 22.2 Å². The molecule has 1 unspecified atom stereocenters. The van der Waals surface area contributed by atoms with E-state index in [4.69, 9.17) is 37.4 Å². The Labute approximate surface area is 321 Å². The third-order valence-corrected chi connectivity index (χ3v) is 11.2. The Kier molecular flexibility index (Phi) is 11.7. The molecule has 2 fully saturated rings. The van der Waals surface area contributed by atoms with E-state index in [0.717, 1.165) is 66.6 Å². The van der Waals surface area contributed by atoms with Gasteiger partial charge >= 0.3 is 0 Å². The van der Waals surface area contributed by atoms with Crippen molar-refractivity contribution in [2.45, 2.75) is 77.3 Å². The molecule has 2 N–H and O–H groups in total. The number of amides is 1. The minimum Gasteiger partial charge on any atom is -0.492 e. The van der Waals surface area contributed by atoms with Gasteiger partial charge in [-0.25, -0.2) is 0 Å². The van der Waals surface area contributed by atoms with Crippen molar-refractivity contribution in [1.82, 2.24) is 20.5 Å². The SMILES string of the molecule is CC(C)N1CCC(COc2cccc(-c3cccc4c3CC[C@@H]4Oc3cc(OCc4cncc(C#N)c4)c(CNC[C@@H]4CCC(=O)N4)cc3Cl)c2Cl)C1. The summed E-state index contributed by atoms with van der Waals surface area (Å²) in [6.45, 7) is 8.62. The van der Waals surface area contributed by atoms with E-state index in [-0.39, 0.29) is 24.7 Å². The Bertz CT molecular complexity index is 2000. The summed E-state index contributed by atoms with van der Waals surface area (Å²) in [7, 11) is 0. The van der Waals surface area contributed by atoms with Gasteiger partial charge < -0.3 is 29.7 Å². The summed E-state index contributed by atoms with van der Waals surface area (Å²) in [5, 5.41) is 16.9. The molecule has 3 heterocycles. The average molecular weight is 755 g/mol. The average Bonchev–Trinajstić information content (AvgIpc) is 3.92. The van der Waals surface area contributed by atoms with Crippen LogP contribution in [0.15, 0.2) is 67.0 Å². The first-order valence-electron chi connectivity index (χ1n) is 18.5. The molecule has 0 bridgehead atoms. The summed E-state index contributed by atoms with van der Waals surface area (Å²) in [5.41, 5.74) is 6.44. The van der Waals surface area contributed by atoms with Crippen LogP contribution in [0.1, 0.15) is 73.5 Å². The van der Waals surface area contributed by atoms with Crippen molar-refractivity contribution in [2.24, 2.45) is 5.92 Å². The number of halogens is 2. The normalized spacial score (nSPS) is 19.6. The molecule has 1 amide bonds. The molecule has 53 heavy (non-hydrogen) atoms. The topological polar surface area (TPSA) is 109 Å². The molecule has 2 aliphatic heterocycles. The van der Waals surface area contributed by atoms with Gasteiger partial charge in [0, 0.05) is 79.2 Å². The number of likely N-dealkylation sites (tertiary alicyclic amines) is 1. The first-order chi connectivity index (χ1) is 25.7. The predicted octanol–water partition coefficient (Wildman–Crippen LogP) is 8.05. The van der Waals surface area contributed by atoms with E-state index < -0.39 is 0 Å². The smallest absolute Gasteiger partial charge is 0.220 e. The largest absolute Gasteiger partial charge is 0.492 e. The van der Waals surface area contributed by atoms with Crippen molar-refractivity contribution in [3.63, 3.8) is 0 Å². The minimum absolute atomic E-state index is 0.0813. The Hall–Kier alpha value is -4.33. The Morgan fingerprint density at radius 3 is 2.64 bits per heavy atom. The number of hydrogen-bond donors (Lipinski definition) is 2. The number of hydrogen-bond acceptors (Lipinski definition) is 8. The molecular formula is C42H45Cl2N5O4. The highest BCUT2D eigenvalue weighted by Gasteiger charge is 2.29. The molecule has 7 rings (SSSR count). The lowest BCUT2D eigenvalue weighted by atomic mass is 9.96. The number of ether oxygens (including phenoxy) is 3. The van der Waals surface area contributed by atoms with E-state index in [2.05, 4.69) is 64.7 Å². The fourth-order valence-corrected chi connectivity index (χ4v) is 8.10. The first-order valence-corrected chi connectivity index (χ1v) is 19.2. The third-order valence-electron chi connectivity index (χ3n) is 10.5. The number of aromatic nitrogens is 1. The van der Waals surface area contributed by atoms with Crippen LogP contribution in [0.5, 0.6) is 17.2 Å². The molecule has 3 aliphatic rings. The van der Waals surface area contributed by atoms with Gasteiger partial charge in [-0.15, -0.1) is 0 Å². The van der Waals surface area contributed by atoms with Crippen LogP contribution < -0.4 is 24.8 Å². The summed E-state index contributed by atoms with van der Waals surface area (Å²) in [6.07, 6.45) is 7.09. The molecule has 0 spiro atoms. The monoisotopic (exact) mass is 753 g/mol. The van der Waals surface area contributed by atoms with E-state index in [0.29, 0.717) is 70.9 Å². The van der Waals surface area contributed by atoms with Crippen molar-refractivity contribution < 1.29 is 19.0 Å². The van der Waals surface area contributed by atoms with E-state index >= 15 is 0 Å². The summed E-state index contributed by atoms with van der Waals surface area (Å²) in [6, 6.07) is 20.6. The highest BCUT2D eigenvalue weighted by Crippen LogP contribution is 2.45. The van der Waals surface area contributed by atoms with Crippen molar-refractivity contribution in [3.05, 3.63) is 105 Å². The van der Waals surface area contributed by atoms with Crippen molar-refractivity contribution in [3.8, 4) is 34.4 Å². The van der Waals surface area contributed by atoms with Crippen molar-refractivity contribution >= 4 is 29.1 Å². The molecule has 9 nitrogen and oxygen atoms in total. The van der Waals surface area contributed by atoms with Gasteiger partial charge in [0.25, 0.3) is 0 Å². The number of pyridine rings is 1. The number of benzene rings is 3. The maximum absolute atomic E-state index is 11.7. The highest BCUT2D eigenvalue weighted by atomic mass is 35.5. The van der Waals surface area contributed by atoms with Gasteiger partial charge in [-0.2, -0.15) is 5.26 Å². The number of nitrogens with one attached hydrogen (secondary N) is 2. The number of carbonyl (C=O) groups excluding carboxylic acids is 1. The first kappa shape index (κ1) is 37.0. The Balaban J connectivity index is 1.08. The summed E-state index contributed by atoms with van der Waals surface area (Å²) in [5.74, 6) is 2.43. The lowest BCUT2D eigenvalue weighted by Crippen LogP contribution is -2.35. The van der Waals surface area contributed by atoms with Crippen LogP contribution in [0.2, 0.25) is 10.0 Å². The molecular weight excluding hydrogens is 709 g/mol. The van der Waals surface area contributed by atoms with Crippen LogP contribution in [-0.2, 0) is 24.4 Å². The van der Waals surface area contributed by atoms with Crippen LogP contribution in [-0.4, -0.2) is 54.1 Å². The Morgan fingerprint density at radius 1 is 1.00 bits per heavy atom. The molecule has 1 aliphatic carbocycles. The summed E-state index contributed by atoms with van der Waals surface area (Å²) < 4.78 is 19.3. The molecule has 4 aromatic rings. The molecule has 2 saturated heterocycles. The van der Waals surface area contributed by atoms with Gasteiger partial charge in [0.2, 0.25) is 5.91 Å². The molecule has 276 valence electrons. The summed E-state index contributed by atoms with van der Waals surface area (Å²) in [4.78, 5) is 18.4. The molecule has 0 radical (unpaired) electrons. The van der Waals surface area contributed by atoms with Gasteiger partial charge in [0.15, 0.2) is 0 Å². The van der Waals surface area contributed by atoms with E-state index in [1.165, 1.54) is 11.8 Å². The van der Waals surface area contributed by atoms with Gasteiger partial charge in [-0.1, -0.05) is 53.5 Å². The molecule has 3 atom stereocenters. The van der Waals surface area contributed by atoms with Crippen LogP contribution in [0, 0.1) is 17.2 Å². The van der Waals surface area contributed by atoms with Crippen molar-refractivity contribution in [1.29, 1.82) is 5.26 Å². The summed E-state index contributed by atoms with van der Waals surface area (Å²) >= 11 is 14.0. The van der Waals surface area contributed by atoms with Crippen LogP contribution in [0.3, 0.4) is 0 Å². The number of carbonyl (C=O) groups is 1. The lowest BCUT2D eigenvalue weighted by molar-refractivity contribution is -0.119. The second kappa shape index (κ2) is 16.8. The van der Waals surface area contributed by atoms with Gasteiger partial charge in [0.1, 0.15) is 36.0 Å². The highest BCUT2D eigenvalue weighted by molar-refractivity contribution is 6.35. The number of nitrogens with zero attached hydrogens (tertiary/aromatic N) is 3. The third kappa shape index (κ3) is 8.74. The molecule has 3 aromatic carbocycles. The molecule has 0 saturated carbocycles. The zero-order valence-electron chi connectivity index (χ0n) is 30.2.